The van der Waals surface area contributed by atoms with Gasteiger partial charge in [0, 0.05) is 23.8 Å². The molecule has 2 rings (SSSR count). The lowest BCUT2D eigenvalue weighted by Crippen LogP contribution is -2.08. The van der Waals surface area contributed by atoms with E-state index < -0.39 is 0 Å². The van der Waals surface area contributed by atoms with E-state index in [1.165, 1.54) is 0 Å². The number of fused-ring (bicyclic) bond motifs is 1. The number of hydrogen-bond acceptors (Lipinski definition) is 2. The Morgan fingerprint density at radius 2 is 2.20 bits per heavy atom. The molecule has 82 valence electrons. The number of rotatable bonds is 1. The predicted octanol–water partition coefficient (Wildman–Crippen LogP) is 2.78. The van der Waals surface area contributed by atoms with E-state index >= 15 is 0 Å². The molecule has 0 aromatic carbocycles. The fourth-order valence-electron chi connectivity index (χ4n) is 1.50. The zero-order chi connectivity index (χ0) is 10.3. The molecule has 0 amide bonds. The minimum Gasteiger partial charge on any atom is -0.349 e. The largest absolute Gasteiger partial charge is 0.349 e. The first-order valence-electron chi connectivity index (χ1n) is 4.46. The maximum atomic E-state index is 5.81. The molecule has 0 spiro atoms. The third-order valence-corrected chi connectivity index (χ3v) is 2.91. The van der Waals surface area contributed by atoms with Crippen LogP contribution in [0, 0.1) is 0 Å². The van der Waals surface area contributed by atoms with Gasteiger partial charge in [0.05, 0.1) is 16.7 Å². The molecule has 0 bridgehead atoms. The van der Waals surface area contributed by atoms with Gasteiger partial charge < -0.3 is 10.3 Å². The second-order valence-corrected chi connectivity index (χ2v) is 4.33. The summed E-state index contributed by atoms with van der Waals surface area (Å²) in [4.78, 5) is 4.50. The second kappa shape index (κ2) is 4.51. The number of aryl methyl sites for hydroxylation is 1. The van der Waals surface area contributed by atoms with Crippen molar-refractivity contribution in [1.82, 2.24) is 9.55 Å². The van der Waals surface area contributed by atoms with Crippen molar-refractivity contribution in [3.05, 3.63) is 28.5 Å². The number of aromatic nitrogens is 2. The van der Waals surface area contributed by atoms with E-state index in [0.29, 0.717) is 0 Å². The van der Waals surface area contributed by atoms with Gasteiger partial charge in [-0.05, 0) is 35.0 Å². The predicted molar refractivity (Wildman–Crippen MR) is 68.3 cm³/mol. The van der Waals surface area contributed by atoms with Crippen LogP contribution in [0.3, 0.4) is 0 Å². The number of pyridine rings is 1. The lowest BCUT2D eigenvalue weighted by Gasteiger charge is -2.07. The SMILES string of the molecule is C[C@@H](N)c1nc2ccn(C)c2cc1Br.Cl. The average molecular weight is 291 g/mol. The van der Waals surface area contributed by atoms with Gasteiger partial charge in [0.1, 0.15) is 0 Å². The van der Waals surface area contributed by atoms with Gasteiger partial charge in [-0.2, -0.15) is 0 Å². The summed E-state index contributed by atoms with van der Waals surface area (Å²) in [5, 5.41) is 0. The molecule has 0 aliphatic rings. The van der Waals surface area contributed by atoms with Crippen molar-refractivity contribution in [1.29, 1.82) is 0 Å². The third kappa shape index (κ3) is 2.17. The van der Waals surface area contributed by atoms with Gasteiger partial charge in [-0.1, -0.05) is 0 Å². The van der Waals surface area contributed by atoms with E-state index in [1.807, 2.05) is 30.8 Å². The van der Waals surface area contributed by atoms with E-state index in [-0.39, 0.29) is 18.4 Å². The van der Waals surface area contributed by atoms with E-state index in [2.05, 4.69) is 27.0 Å². The summed E-state index contributed by atoms with van der Waals surface area (Å²) in [6.07, 6.45) is 2.00. The van der Waals surface area contributed by atoms with Crippen molar-refractivity contribution in [2.75, 3.05) is 0 Å². The zero-order valence-electron chi connectivity index (χ0n) is 8.57. The Hall–Kier alpha value is -0.580. The van der Waals surface area contributed by atoms with Crippen molar-refractivity contribution in [3.8, 4) is 0 Å². The minimum atomic E-state index is -0.0472. The topological polar surface area (TPSA) is 43.8 Å². The van der Waals surface area contributed by atoms with E-state index in [1.54, 1.807) is 0 Å². The quantitative estimate of drug-likeness (QED) is 0.877. The van der Waals surface area contributed by atoms with Crippen LogP contribution in [0.15, 0.2) is 22.8 Å². The van der Waals surface area contributed by atoms with Crippen LogP contribution >= 0.6 is 28.3 Å². The highest BCUT2D eigenvalue weighted by atomic mass is 79.9. The van der Waals surface area contributed by atoms with Crippen molar-refractivity contribution >= 4 is 39.4 Å². The van der Waals surface area contributed by atoms with Crippen molar-refractivity contribution in [3.63, 3.8) is 0 Å². The van der Waals surface area contributed by atoms with Crippen molar-refractivity contribution < 1.29 is 0 Å². The molecule has 0 aliphatic carbocycles. The van der Waals surface area contributed by atoms with Crippen LogP contribution in [0.5, 0.6) is 0 Å². The summed E-state index contributed by atoms with van der Waals surface area (Å²) >= 11 is 3.48. The summed E-state index contributed by atoms with van der Waals surface area (Å²) in [5.74, 6) is 0. The number of halogens is 2. The number of nitrogens with zero attached hydrogens (tertiary/aromatic N) is 2. The molecule has 15 heavy (non-hydrogen) atoms. The highest BCUT2D eigenvalue weighted by Gasteiger charge is 2.09. The molecule has 0 unspecified atom stereocenters. The fourth-order valence-corrected chi connectivity index (χ4v) is 2.16. The minimum absolute atomic E-state index is 0. The summed E-state index contributed by atoms with van der Waals surface area (Å²) in [7, 11) is 2.00. The number of nitrogens with two attached hydrogens (primary N) is 1. The fraction of sp³-hybridized carbons (Fsp3) is 0.300. The Bertz CT molecular complexity index is 479. The molecular weight excluding hydrogens is 277 g/mol. The van der Waals surface area contributed by atoms with E-state index in [0.717, 1.165) is 21.2 Å². The highest BCUT2D eigenvalue weighted by molar-refractivity contribution is 9.10. The first-order chi connectivity index (χ1) is 6.59. The average Bonchev–Trinajstić information content (AvgIpc) is 2.46. The van der Waals surface area contributed by atoms with Gasteiger partial charge in [0.2, 0.25) is 0 Å². The third-order valence-electron chi connectivity index (χ3n) is 2.28. The Labute approximate surface area is 103 Å². The molecule has 3 nitrogen and oxygen atoms in total. The van der Waals surface area contributed by atoms with Crippen LogP contribution in [0.4, 0.5) is 0 Å². The Morgan fingerprint density at radius 3 is 2.80 bits per heavy atom. The molecular formula is C10H13BrClN3. The summed E-state index contributed by atoms with van der Waals surface area (Å²) in [6.45, 7) is 1.93. The van der Waals surface area contributed by atoms with Gasteiger partial charge in [-0.25, -0.2) is 4.98 Å². The molecule has 5 heteroatoms. The van der Waals surface area contributed by atoms with Crippen molar-refractivity contribution in [2.24, 2.45) is 12.8 Å². The molecule has 0 saturated carbocycles. The van der Waals surface area contributed by atoms with Gasteiger partial charge in [-0.3, -0.25) is 0 Å². The molecule has 2 heterocycles. The van der Waals surface area contributed by atoms with Gasteiger partial charge in [0.15, 0.2) is 0 Å². The summed E-state index contributed by atoms with van der Waals surface area (Å²) in [5.41, 5.74) is 8.82. The lowest BCUT2D eigenvalue weighted by atomic mass is 10.2. The molecule has 2 aromatic rings. The van der Waals surface area contributed by atoms with Crippen molar-refractivity contribution in [2.45, 2.75) is 13.0 Å². The molecule has 1 atom stereocenters. The van der Waals surface area contributed by atoms with Gasteiger partial charge >= 0.3 is 0 Å². The Morgan fingerprint density at radius 1 is 1.53 bits per heavy atom. The molecule has 2 aromatic heterocycles. The molecule has 0 aliphatic heterocycles. The van der Waals surface area contributed by atoms with E-state index in [9.17, 15) is 0 Å². The van der Waals surface area contributed by atoms with Crippen LogP contribution in [0.25, 0.3) is 11.0 Å². The molecule has 2 N–H and O–H groups in total. The highest BCUT2D eigenvalue weighted by Crippen LogP contribution is 2.24. The second-order valence-electron chi connectivity index (χ2n) is 3.48. The lowest BCUT2D eigenvalue weighted by molar-refractivity contribution is 0.781. The molecule has 0 fully saturated rings. The first-order valence-corrected chi connectivity index (χ1v) is 5.26. The monoisotopic (exact) mass is 289 g/mol. The van der Waals surface area contributed by atoms with E-state index in [4.69, 9.17) is 5.73 Å². The normalized spacial score (nSPS) is 12.5. The van der Waals surface area contributed by atoms with Crippen LogP contribution < -0.4 is 5.73 Å². The standard InChI is InChI=1S/C10H12BrN3.ClH/c1-6(12)10-7(11)5-9-8(13-10)3-4-14(9)2;/h3-6H,12H2,1-2H3;1H/t6-;/m1./s1. The van der Waals surface area contributed by atoms with Crippen LogP contribution in [0.1, 0.15) is 18.7 Å². The maximum absolute atomic E-state index is 5.81. The van der Waals surface area contributed by atoms with Gasteiger partial charge in [0.25, 0.3) is 0 Å². The Balaban J connectivity index is 0.00000112. The Kier molecular flexibility index (Phi) is 3.76. The van der Waals surface area contributed by atoms with Crippen LogP contribution in [0.2, 0.25) is 0 Å². The maximum Gasteiger partial charge on any atom is 0.0885 e. The summed E-state index contributed by atoms with van der Waals surface area (Å²) < 4.78 is 3.01. The smallest absolute Gasteiger partial charge is 0.0885 e. The van der Waals surface area contributed by atoms with Crippen LogP contribution in [-0.4, -0.2) is 9.55 Å². The van der Waals surface area contributed by atoms with Crippen LogP contribution in [-0.2, 0) is 7.05 Å². The first kappa shape index (κ1) is 12.5. The summed E-state index contributed by atoms with van der Waals surface area (Å²) in [6, 6.07) is 4.00. The van der Waals surface area contributed by atoms with Gasteiger partial charge in [-0.15, -0.1) is 12.4 Å². The zero-order valence-corrected chi connectivity index (χ0v) is 11.0. The molecule has 0 radical (unpaired) electrons. The molecule has 0 saturated heterocycles. The number of hydrogen-bond donors (Lipinski definition) is 1.